The Morgan fingerprint density at radius 2 is 2.21 bits per heavy atom. The van der Waals surface area contributed by atoms with Crippen molar-refractivity contribution in [2.24, 2.45) is 5.90 Å². The zero-order chi connectivity index (χ0) is 9.80. The summed E-state index contributed by atoms with van der Waals surface area (Å²) < 4.78 is 10.4. The first-order valence-corrected chi connectivity index (χ1v) is 4.35. The van der Waals surface area contributed by atoms with Crippen molar-refractivity contribution in [3.05, 3.63) is 18.2 Å². The predicted octanol–water partition coefficient (Wildman–Crippen LogP) is 0.717. The van der Waals surface area contributed by atoms with Crippen molar-refractivity contribution in [1.29, 1.82) is 0 Å². The Kier molecular flexibility index (Phi) is 2.71. The zero-order valence-corrected chi connectivity index (χ0v) is 7.66. The third kappa shape index (κ3) is 1.89. The van der Waals surface area contributed by atoms with Crippen molar-refractivity contribution in [3.8, 4) is 11.5 Å². The van der Waals surface area contributed by atoms with E-state index >= 15 is 0 Å². The van der Waals surface area contributed by atoms with Gasteiger partial charge in [0.1, 0.15) is 0 Å². The third-order valence-electron chi connectivity index (χ3n) is 1.92. The summed E-state index contributed by atoms with van der Waals surface area (Å²) >= 11 is 0. The van der Waals surface area contributed by atoms with Crippen LogP contribution in [0.2, 0.25) is 0 Å². The Morgan fingerprint density at radius 3 is 3.07 bits per heavy atom. The van der Waals surface area contributed by atoms with E-state index in [1.165, 1.54) is 0 Å². The standard InChI is InChI=1S/C9H12N2O3/c10-14-4-3-11-7-1-2-8-9(5-7)13-6-12-8/h1-2,5,11H,3-4,6,10H2. The Labute approximate surface area is 81.7 Å². The molecule has 0 unspecified atom stereocenters. The fourth-order valence-electron chi connectivity index (χ4n) is 1.26. The number of anilines is 1. The molecule has 0 spiro atoms. The van der Waals surface area contributed by atoms with Gasteiger partial charge in [0.05, 0.1) is 6.61 Å². The van der Waals surface area contributed by atoms with E-state index in [2.05, 4.69) is 10.2 Å². The van der Waals surface area contributed by atoms with Gasteiger partial charge in [0.15, 0.2) is 11.5 Å². The lowest BCUT2D eigenvalue weighted by molar-refractivity contribution is 0.148. The number of rotatable bonds is 4. The molecule has 0 bridgehead atoms. The van der Waals surface area contributed by atoms with E-state index in [1.54, 1.807) is 0 Å². The summed E-state index contributed by atoms with van der Waals surface area (Å²) in [6.07, 6.45) is 0. The maximum Gasteiger partial charge on any atom is 0.231 e. The van der Waals surface area contributed by atoms with Crippen LogP contribution in [0.5, 0.6) is 11.5 Å². The highest BCUT2D eigenvalue weighted by atomic mass is 16.7. The Balaban J connectivity index is 1.98. The Morgan fingerprint density at radius 1 is 1.36 bits per heavy atom. The first-order valence-electron chi connectivity index (χ1n) is 4.35. The fourth-order valence-corrected chi connectivity index (χ4v) is 1.26. The van der Waals surface area contributed by atoms with Crippen LogP contribution in [0.3, 0.4) is 0 Å². The first kappa shape index (κ1) is 9.11. The van der Waals surface area contributed by atoms with Gasteiger partial charge in [-0.05, 0) is 12.1 Å². The van der Waals surface area contributed by atoms with Crippen LogP contribution in [-0.4, -0.2) is 19.9 Å². The fraction of sp³-hybridized carbons (Fsp3) is 0.333. The van der Waals surface area contributed by atoms with Gasteiger partial charge in [-0.1, -0.05) is 0 Å². The number of hydrogen-bond acceptors (Lipinski definition) is 5. The number of nitrogens with one attached hydrogen (secondary N) is 1. The van der Waals surface area contributed by atoms with Crippen molar-refractivity contribution >= 4 is 5.69 Å². The monoisotopic (exact) mass is 196 g/mol. The SMILES string of the molecule is NOCCNc1ccc2c(c1)OCO2. The van der Waals surface area contributed by atoms with Gasteiger partial charge in [0.2, 0.25) is 6.79 Å². The van der Waals surface area contributed by atoms with Crippen LogP contribution >= 0.6 is 0 Å². The van der Waals surface area contributed by atoms with Crippen molar-refractivity contribution in [3.63, 3.8) is 0 Å². The number of hydrogen-bond donors (Lipinski definition) is 2. The molecule has 2 rings (SSSR count). The highest BCUT2D eigenvalue weighted by Crippen LogP contribution is 2.33. The normalized spacial score (nSPS) is 12.9. The molecule has 1 aliphatic heterocycles. The molecular formula is C9H12N2O3. The Hall–Kier alpha value is -1.46. The number of ether oxygens (including phenoxy) is 2. The Bertz CT molecular complexity index is 317. The smallest absolute Gasteiger partial charge is 0.231 e. The van der Waals surface area contributed by atoms with E-state index in [0.29, 0.717) is 19.9 Å². The molecule has 0 amide bonds. The van der Waals surface area contributed by atoms with Gasteiger partial charge in [0, 0.05) is 18.3 Å². The molecule has 5 heteroatoms. The minimum absolute atomic E-state index is 0.296. The number of fused-ring (bicyclic) bond motifs is 1. The summed E-state index contributed by atoms with van der Waals surface area (Å²) in [7, 11) is 0. The lowest BCUT2D eigenvalue weighted by atomic mass is 10.3. The van der Waals surface area contributed by atoms with Crippen LogP contribution < -0.4 is 20.7 Å². The molecule has 0 atom stereocenters. The van der Waals surface area contributed by atoms with Crippen LogP contribution in [0.15, 0.2) is 18.2 Å². The number of benzene rings is 1. The molecule has 14 heavy (non-hydrogen) atoms. The van der Waals surface area contributed by atoms with Crippen LogP contribution in [0.1, 0.15) is 0 Å². The van der Waals surface area contributed by atoms with Crippen LogP contribution in [-0.2, 0) is 4.84 Å². The summed E-state index contributed by atoms with van der Waals surface area (Å²) in [6.45, 7) is 1.43. The van der Waals surface area contributed by atoms with E-state index in [0.717, 1.165) is 17.2 Å². The average Bonchev–Trinajstić information content (AvgIpc) is 2.65. The molecule has 0 saturated carbocycles. The summed E-state index contributed by atoms with van der Waals surface area (Å²) in [5.41, 5.74) is 0.964. The maximum atomic E-state index is 5.23. The molecule has 0 aromatic heterocycles. The van der Waals surface area contributed by atoms with Crippen LogP contribution in [0.4, 0.5) is 5.69 Å². The summed E-state index contributed by atoms with van der Waals surface area (Å²) in [4.78, 5) is 4.44. The molecule has 0 radical (unpaired) electrons. The molecule has 0 saturated heterocycles. The van der Waals surface area contributed by atoms with E-state index in [1.807, 2.05) is 18.2 Å². The van der Waals surface area contributed by atoms with E-state index < -0.39 is 0 Å². The molecule has 1 aliphatic rings. The molecular weight excluding hydrogens is 184 g/mol. The van der Waals surface area contributed by atoms with Gasteiger partial charge >= 0.3 is 0 Å². The lowest BCUT2D eigenvalue weighted by Crippen LogP contribution is -2.12. The van der Waals surface area contributed by atoms with Crippen molar-refractivity contribution in [1.82, 2.24) is 0 Å². The van der Waals surface area contributed by atoms with Crippen molar-refractivity contribution < 1.29 is 14.3 Å². The topological polar surface area (TPSA) is 65.7 Å². The molecule has 76 valence electrons. The van der Waals surface area contributed by atoms with Gasteiger partial charge in [0.25, 0.3) is 0 Å². The van der Waals surface area contributed by atoms with E-state index in [-0.39, 0.29) is 0 Å². The second-order valence-electron chi connectivity index (χ2n) is 2.87. The maximum absolute atomic E-state index is 5.23. The summed E-state index contributed by atoms with van der Waals surface area (Å²) in [5, 5.41) is 3.13. The second kappa shape index (κ2) is 4.17. The average molecular weight is 196 g/mol. The van der Waals surface area contributed by atoms with Gasteiger partial charge in [-0.2, -0.15) is 0 Å². The minimum Gasteiger partial charge on any atom is -0.454 e. The van der Waals surface area contributed by atoms with Gasteiger partial charge < -0.3 is 19.6 Å². The van der Waals surface area contributed by atoms with Gasteiger partial charge in [-0.15, -0.1) is 0 Å². The quantitative estimate of drug-likeness (QED) is 0.548. The predicted molar refractivity (Wildman–Crippen MR) is 51.2 cm³/mol. The summed E-state index contributed by atoms with van der Waals surface area (Å²) in [6, 6.07) is 5.68. The molecule has 3 N–H and O–H groups in total. The molecule has 0 aliphatic carbocycles. The minimum atomic E-state index is 0.296. The highest BCUT2D eigenvalue weighted by Gasteiger charge is 2.12. The number of nitrogens with two attached hydrogens (primary N) is 1. The third-order valence-corrected chi connectivity index (χ3v) is 1.92. The second-order valence-corrected chi connectivity index (χ2v) is 2.87. The zero-order valence-electron chi connectivity index (χ0n) is 7.66. The van der Waals surface area contributed by atoms with Crippen molar-refractivity contribution in [2.45, 2.75) is 0 Å². The van der Waals surface area contributed by atoms with Crippen LogP contribution in [0, 0.1) is 0 Å². The van der Waals surface area contributed by atoms with E-state index in [4.69, 9.17) is 15.4 Å². The van der Waals surface area contributed by atoms with E-state index in [9.17, 15) is 0 Å². The molecule has 1 aromatic carbocycles. The summed E-state index contributed by atoms with van der Waals surface area (Å²) in [5.74, 6) is 6.45. The lowest BCUT2D eigenvalue weighted by Gasteiger charge is -2.05. The van der Waals surface area contributed by atoms with Gasteiger partial charge in [-0.3, -0.25) is 0 Å². The molecule has 1 heterocycles. The molecule has 0 fully saturated rings. The van der Waals surface area contributed by atoms with Gasteiger partial charge in [-0.25, -0.2) is 5.90 Å². The van der Waals surface area contributed by atoms with Crippen LogP contribution in [0.25, 0.3) is 0 Å². The first-order chi connectivity index (χ1) is 6.90. The highest BCUT2D eigenvalue weighted by molar-refractivity contribution is 5.55. The largest absolute Gasteiger partial charge is 0.454 e. The molecule has 5 nitrogen and oxygen atoms in total. The molecule has 1 aromatic rings. The van der Waals surface area contributed by atoms with Crippen molar-refractivity contribution in [2.75, 3.05) is 25.3 Å².